The summed E-state index contributed by atoms with van der Waals surface area (Å²) in [7, 11) is 0. The van der Waals surface area contributed by atoms with Crippen molar-refractivity contribution >= 4 is 23.4 Å². The Hall–Kier alpha value is -1.82. The molecular weight excluding hydrogens is 366 g/mol. The lowest BCUT2D eigenvalue weighted by Crippen LogP contribution is -3.28. The fraction of sp³-hybridized carbons (Fsp3) is 0.435. The van der Waals surface area contributed by atoms with E-state index in [-0.39, 0.29) is 5.91 Å². The summed E-state index contributed by atoms with van der Waals surface area (Å²) in [6.07, 6.45) is 0. The Kier molecular flexibility index (Phi) is 7.54. The molecule has 150 valence electrons. The van der Waals surface area contributed by atoms with Crippen LogP contribution in [-0.4, -0.2) is 50.9 Å². The summed E-state index contributed by atoms with van der Waals surface area (Å²) >= 11 is 1.95. The average molecular weight is 400 g/mol. The summed E-state index contributed by atoms with van der Waals surface area (Å²) in [6, 6.07) is 14.9. The van der Waals surface area contributed by atoms with E-state index >= 15 is 0 Å². The zero-order valence-corrected chi connectivity index (χ0v) is 18.1. The number of carbonyl (C=O) groups excluding carboxylic acids is 1. The van der Waals surface area contributed by atoms with Gasteiger partial charge >= 0.3 is 0 Å². The molecule has 1 saturated heterocycles. The number of thioether (sulfide) groups is 1. The molecule has 28 heavy (non-hydrogen) atoms. The third kappa shape index (κ3) is 6.09. The average Bonchev–Trinajstić information content (AvgIpc) is 2.68. The van der Waals surface area contributed by atoms with Gasteiger partial charge < -0.3 is 15.1 Å². The first-order chi connectivity index (χ1) is 13.5. The van der Waals surface area contributed by atoms with Crippen LogP contribution in [0.1, 0.15) is 16.7 Å². The number of para-hydroxylation sites is 1. The van der Waals surface area contributed by atoms with Gasteiger partial charge in [0.15, 0.2) is 6.54 Å². The van der Waals surface area contributed by atoms with E-state index in [0.29, 0.717) is 6.54 Å². The van der Waals surface area contributed by atoms with Crippen LogP contribution >= 0.6 is 11.8 Å². The number of rotatable bonds is 7. The van der Waals surface area contributed by atoms with Crippen LogP contribution in [0, 0.1) is 20.8 Å². The second-order valence-corrected chi connectivity index (χ2v) is 9.07. The number of amides is 1. The van der Waals surface area contributed by atoms with E-state index in [4.69, 9.17) is 0 Å². The van der Waals surface area contributed by atoms with Gasteiger partial charge in [-0.15, -0.1) is 11.8 Å². The van der Waals surface area contributed by atoms with Gasteiger partial charge in [0.25, 0.3) is 5.91 Å². The summed E-state index contributed by atoms with van der Waals surface area (Å²) < 4.78 is 0. The number of nitrogens with one attached hydrogen (secondary N) is 3. The Morgan fingerprint density at radius 1 is 0.929 bits per heavy atom. The number of hydrogen-bond acceptors (Lipinski definition) is 2. The lowest BCUT2D eigenvalue weighted by Gasteiger charge is -2.29. The van der Waals surface area contributed by atoms with Crippen molar-refractivity contribution in [1.82, 2.24) is 0 Å². The highest BCUT2D eigenvalue weighted by molar-refractivity contribution is 7.99. The summed E-state index contributed by atoms with van der Waals surface area (Å²) in [6.45, 7) is 12.4. The lowest BCUT2D eigenvalue weighted by molar-refractivity contribution is -1.01. The molecule has 2 aromatic carbocycles. The molecule has 1 heterocycles. The molecule has 0 unspecified atom stereocenters. The van der Waals surface area contributed by atoms with Crippen molar-refractivity contribution in [1.29, 1.82) is 0 Å². The van der Waals surface area contributed by atoms with Crippen LogP contribution in [0.4, 0.5) is 5.69 Å². The van der Waals surface area contributed by atoms with Gasteiger partial charge in [-0.25, -0.2) is 0 Å². The number of hydrogen-bond donors (Lipinski definition) is 3. The Morgan fingerprint density at radius 3 is 2.18 bits per heavy atom. The number of carbonyl (C=O) groups is 1. The van der Waals surface area contributed by atoms with E-state index in [2.05, 4.69) is 36.5 Å². The third-order valence-electron chi connectivity index (χ3n) is 5.57. The largest absolute Gasteiger partial charge is 0.325 e. The van der Waals surface area contributed by atoms with Crippen LogP contribution in [0.25, 0.3) is 0 Å². The highest BCUT2D eigenvalue weighted by Crippen LogP contribution is 2.19. The predicted molar refractivity (Wildman–Crippen MR) is 118 cm³/mol. The Bertz CT molecular complexity index is 763. The van der Waals surface area contributed by atoms with Gasteiger partial charge in [0.2, 0.25) is 0 Å². The monoisotopic (exact) mass is 399 g/mol. The summed E-state index contributed by atoms with van der Waals surface area (Å²) in [5.41, 5.74) is 4.55. The molecule has 1 amide bonds. The fourth-order valence-corrected chi connectivity index (χ4v) is 4.71. The first kappa shape index (κ1) is 20.9. The van der Waals surface area contributed by atoms with E-state index in [1.54, 1.807) is 4.90 Å². The van der Waals surface area contributed by atoms with Crippen molar-refractivity contribution in [3.63, 3.8) is 0 Å². The Morgan fingerprint density at radius 2 is 1.54 bits per heavy atom. The fourth-order valence-electron chi connectivity index (χ4n) is 3.75. The highest BCUT2D eigenvalue weighted by atomic mass is 32.2. The summed E-state index contributed by atoms with van der Waals surface area (Å²) in [5.74, 6) is 1.28. The summed E-state index contributed by atoms with van der Waals surface area (Å²) in [4.78, 5) is 16.9. The number of benzene rings is 2. The molecule has 0 aromatic heterocycles. The molecule has 5 heteroatoms. The minimum absolute atomic E-state index is 0.130. The van der Waals surface area contributed by atoms with Gasteiger partial charge in [-0.05, 0) is 44.0 Å². The molecule has 3 N–H and O–H groups in total. The van der Waals surface area contributed by atoms with Gasteiger partial charge in [0.1, 0.15) is 26.2 Å². The van der Waals surface area contributed by atoms with Crippen LogP contribution in [0.15, 0.2) is 47.4 Å². The van der Waals surface area contributed by atoms with Gasteiger partial charge in [0.05, 0.1) is 6.54 Å². The minimum atomic E-state index is 0.130. The maximum absolute atomic E-state index is 12.5. The Labute approximate surface area is 173 Å². The van der Waals surface area contributed by atoms with Crippen molar-refractivity contribution in [3.05, 3.63) is 59.2 Å². The van der Waals surface area contributed by atoms with Gasteiger partial charge in [0, 0.05) is 16.3 Å². The van der Waals surface area contributed by atoms with Gasteiger partial charge in [-0.3, -0.25) is 4.79 Å². The van der Waals surface area contributed by atoms with Crippen LogP contribution < -0.4 is 15.1 Å². The number of quaternary nitrogens is 2. The summed E-state index contributed by atoms with van der Waals surface area (Å²) in [5, 5.41) is 3.12. The number of piperazine rings is 1. The van der Waals surface area contributed by atoms with Crippen molar-refractivity contribution < 1.29 is 14.6 Å². The van der Waals surface area contributed by atoms with Crippen LogP contribution in [0.5, 0.6) is 0 Å². The SMILES string of the molecule is Cc1ccc(SCC[NH+]2CC[NH+](CC(=O)Nc3c(C)cccc3C)CC2)cc1. The molecule has 4 nitrogen and oxygen atoms in total. The quantitative estimate of drug-likeness (QED) is 0.611. The zero-order valence-electron chi connectivity index (χ0n) is 17.3. The maximum Gasteiger partial charge on any atom is 0.279 e. The van der Waals surface area contributed by atoms with E-state index in [1.807, 2.05) is 43.8 Å². The third-order valence-corrected chi connectivity index (χ3v) is 6.58. The van der Waals surface area contributed by atoms with Crippen molar-refractivity contribution in [2.45, 2.75) is 25.7 Å². The predicted octanol–water partition coefficient (Wildman–Crippen LogP) is 1.13. The molecule has 0 aliphatic carbocycles. The molecule has 0 radical (unpaired) electrons. The normalized spacial score (nSPS) is 19.4. The second kappa shape index (κ2) is 10.1. The highest BCUT2D eigenvalue weighted by Gasteiger charge is 2.24. The topological polar surface area (TPSA) is 38.0 Å². The van der Waals surface area contributed by atoms with Gasteiger partial charge in [-0.1, -0.05) is 35.9 Å². The van der Waals surface area contributed by atoms with Crippen molar-refractivity contribution in [3.8, 4) is 0 Å². The zero-order chi connectivity index (χ0) is 19.9. The minimum Gasteiger partial charge on any atom is -0.325 e. The molecule has 0 atom stereocenters. The maximum atomic E-state index is 12.5. The number of anilines is 1. The smallest absolute Gasteiger partial charge is 0.279 e. The molecule has 1 aliphatic heterocycles. The molecule has 0 saturated carbocycles. The Balaban J connectivity index is 1.36. The molecule has 1 fully saturated rings. The molecule has 0 bridgehead atoms. The molecular formula is C23H33N3OS+2. The van der Waals surface area contributed by atoms with Gasteiger partial charge in [-0.2, -0.15) is 0 Å². The van der Waals surface area contributed by atoms with E-state index in [1.165, 1.54) is 21.9 Å². The first-order valence-corrected chi connectivity index (χ1v) is 11.2. The standard InChI is InChI=1S/C23H31N3OS/c1-18-7-9-21(10-8-18)28-16-15-25-11-13-26(14-12-25)17-22(27)24-23-19(2)5-4-6-20(23)3/h4-10H,11-17H2,1-3H3,(H,24,27)/p+2. The first-order valence-electron chi connectivity index (χ1n) is 10.2. The van der Waals surface area contributed by atoms with E-state index < -0.39 is 0 Å². The van der Waals surface area contributed by atoms with Crippen LogP contribution in [0.3, 0.4) is 0 Å². The second-order valence-electron chi connectivity index (χ2n) is 7.90. The number of aryl methyl sites for hydroxylation is 3. The van der Waals surface area contributed by atoms with Crippen LogP contribution in [-0.2, 0) is 4.79 Å². The molecule has 3 rings (SSSR count). The van der Waals surface area contributed by atoms with Crippen molar-refractivity contribution in [2.24, 2.45) is 0 Å². The van der Waals surface area contributed by atoms with Crippen LogP contribution in [0.2, 0.25) is 0 Å². The molecule has 2 aromatic rings. The van der Waals surface area contributed by atoms with E-state index in [9.17, 15) is 4.79 Å². The molecule has 1 aliphatic rings. The van der Waals surface area contributed by atoms with E-state index in [0.717, 1.165) is 48.7 Å². The van der Waals surface area contributed by atoms with Crippen molar-refractivity contribution in [2.75, 3.05) is 50.3 Å². The molecule has 0 spiro atoms. The lowest BCUT2D eigenvalue weighted by atomic mass is 10.1.